The molecule has 2 aliphatic heterocycles. The Kier molecular flexibility index (Phi) is 6.46. The van der Waals surface area contributed by atoms with Crippen LogP contribution >= 0.6 is 0 Å². The molecule has 2 aliphatic rings. The van der Waals surface area contributed by atoms with Crippen molar-refractivity contribution in [1.82, 2.24) is 19.7 Å². The van der Waals surface area contributed by atoms with E-state index in [-0.39, 0.29) is 11.4 Å². The molecule has 0 bridgehead atoms. The number of nitrogens with zero attached hydrogens (tertiary/aromatic N) is 4. The Balaban J connectivity index is 1.72. The van der Waals surface area contributed by atoms with Gasteiger partial charge in [0.2, 0.25) is 0 Å². The van der Waals surface area contributed by atoms with Gasteiger partial charge in [0.1, 0.15) is 11.1 Å². The number of likely N-dealkylation sites (tertiary alicyclic amines) is 1. The Morgan fingerprint density at radius 3 is 2.26 bits per heavy atom. The van der Waals surface area contributed by atoms with Crippen LogP contribution in [0.2, 0.25) is 0 Å². The molecule has 4 rings (SSSR count). The molecule has 1 aromatic heterocycles. The quantitative estimate of drug-likeness (QED) is 0.668. The number of likely N-dealkylation sites (N-methyl/N-ethyl adjacent to an activating group) is 1. The van der Waals surface area contributed by atoms with Gasteiger partial charge in [0.05, 0.1) is 0 Å². The predicted octanol–water partition coefficient (Wildman–Crippen LogP) is 3.89. The van der Waals surface area contributed by atoms with Crippen LogP contribution in [0.4, 0.5) is 4.79 Å². The van der Waals surface area contributed by atoms with Crippen LogP contribution in [0.15, 0.2) is 42.7 Å². The SMILES string of the molecule is CC(C)c1ccc(C(O)(c2cncc(C#CC(C)(C)N3CCN(C)C3=O)c2)C2(C)CN(C)C2)cc1. The Hall–Kier alpha value is -2.88. The second kappa shape index (κ2) is 8.96. The molecular formula is C29H38N4O2. The van der Waals surface area contributed by atoms with E-state index in [2.05, 4.69) is 73.8 Å². The maximum Gasteiger partial charge on any atom is 0.321 e. The molecule has 6 heteroatoms. The van der Waals surface area contributed by atoms with E-state index in [0.717, 1.165) is 29.8 Å². The molecular weight excluding hydrogens is 436 g/mol. The molecule has 1 N–H and O–H groups in total. The standard InChI is InChI=1S/C29H38N4O2/c1-21(2)23-8-10-24(11-9-23)29(35,28(5)19-31(6)20-28)25-16-22(17-30-18-25)12-13-27(3,4)33-15-14-32(7)26(33)34/h8-11,16-18,21,35H,14-15,19-20H2,1-7H3. The molecule has 35 heavy (non-hydrogen) atoms. The number of aromatic nitrogens is 1. The highest BCUT2D eigenvalue weighted by molar-refractivity contribution is 5.77. The fraction of sp³-hybridized carbons (Fsp3) is 0.517. The Morgan fingerprint density at radius 2 is 1.71 bits per heavy atom. The van der Waals surface area contributed by atoms with Gasteiger partial charge in [0, 0.05) is 62.2 Å². The lowest BCUT2D eigenvalue weighted by Gasteiger charge is -2.55. The molecule has 0 saturated carbocycles. The first-order valence-electron chi connectivity index (χ1n) is 12.4. The lowest BCUT2D eigenvalue weighted by atomic mass is 9.62. The van der Waals surface area contributed by atoms with E-state index in [1.54, 1.807) is 22.2 Å². The van der Waals surface area contributed by atoms with Gasteiger partial charge < -0.3 is 19.8 Å². The van der Waals surface area contributed by atoms with E-state index in [1.165, 1.54) is 5.56 Å². The van der Waals surface area contributed by atoms with Crippen molar-refractivity contribution in [3.05, 3.63) is 65.0 Å². The lowest BCUT2D eigenvalue weighted by Crippen LogP contribution is -2.63. The maximum absolute atomic E-state index is 12.5. The van der Waals surface area contributed by atoms with E-state index < -0.39 is 11.1 Å². The van der Waals surface area contributed by atoms with Gasteiger partial charge in [0.15, 0.2) is 0 Å². The largest absolute Gasteiger partial charge is 0.380 e. The van der Waals surface area contributed by atoms with Crippen LogP contribution in [0, 0.1) is 17.3 Å². The lowest BCUT2D eigenvalue weighted by molar-refractivity contribution is -0.127. The highest BCUT2D eigenvalue weighted by Crippen LogP contribution is 2.50. The van der Waals surface area contributed by atoms with E-state index in [9.17, 15) is 9.90 Å². The fourth-order valence-electron chi connectivity index (χ4n) is 5.51. The number of aliphatic hydroxyl groups is 1. The minimum absolute atomic E-state index is 0.00239. The Labute approximate surface area is 209 Å². The van der Waals surface area contributed by atoms with Crippen LogP contribution in [0.1, 0.15) is 62.8 Å². The van der Waals surface area contributed by atoms with Crippen molar-refractivity contribution < 1.29 is 9.90 Å². The normalized spacial score (nSPS) is 19.9. The molecule has 186 valence electrons. The van der Waals surface area contributed by atoms with Gasteiger partial charge in [-0.15, -0.1) is 0 Å². The second-order valence-corrected chi connectivity index (χ2v) is 11.3. The van der Waals surface area contributed by atoms with Crippen LogP contribution in [0.5, 0.6) is 0 Å². The molecule has 2 fully saturated rings. The van der Waals surface area contributed by atoms with Crippen molar-refractivity contribution >= 4 is 6.03 Å². The highest BCUT2D eigenvalue weighted by atomic mass is 16.3. The van der Waals surface area contributed by atoms with E-state index in [1.807, 2.05) is 27.0 Å². The van der Waals surface area contributed by atoms with Gasteiger partial charge in [0.25, 0.3) is 0 Å². The molecule has 6 nitrogen and oxygen atoms in total. The summed E-state index contributed by atoms with van der Waals surface area (Å²) in [6, 6.07) is 10.3. The van der Waals surface area contributed by atoms with Gasteiger partial charge in [-0.25, -0.2) is 4.79 Å². The summed E-state index contributed by atoms with van der Waals surface area (Å²) in [6.45, 7) is 13.3. The number of hydrogen-bond acceptors (Lipinski definition) is 4. The summed E-state index contributed by atoms with van der Waals surface area (Å²) in [5.41, 5.74) is 1.41. The average molecular weight is 475 g/mol. The van der Waals surface area contributed by atoms with Crippen molar-refractivity contribution in [2.24, 2.45) is 5.41 Å². The van der Waals surface area contributed by atoms with Gasteiger partial charge in [-0.3, -0.25) is 4.98 Å². The zero-order valence-corrected chi connectivity index (χ0v) is 22.1. The fourth-order valence-corrected chi connectivity index (χ4v) is 5.51. The summed E-state index contributed by atoms with van der Waals surface area (Å²) in [6.07, 6.45) is 3.48. The summed E-state index contributed by atoms with van der Waals surface area (Å²) in [5, 5.41) is 12.4. The van der Waals surface area contributed by atoms with Gasteiger partial charge in [-0.05, 0) is 44.0 Å². The number of rotatable bonds is 5. The number of urea groups is 1. The van der Waals surface area contributed by atoms with Crippen LogP contribution in [0.25, 0.3) is 0 Å². The molecule has 0 radical (unpaired) electrons. The number of amides is 2. The molecule has 1 aromatic carbocycles. The van der Waals surface area contributed by atoms with Crippen molar-refractivity contribution in [1.29, 1.82) is 0 Å². The summed E-state index contributed by atoms with van der Waals surface area (Å²) in [4.78, 5) is 22.7. The first kappa shape index (κ1) is 25.2. The Morgan fingerprint density at radius 1 is 1.06 bits per heavy atom. The third-order valence-electron chi connectivity index (χ3n) is 7.67. The molecule has 0 aliphatic carbocycles. The van der Waals surface area contributed by atoms with Crippen LogP contribution < -0.4 is 0 Å². The summed E-state index contributed by atoms with van der Waals surface area (Å²) < 4.78 is 0. The molecule has 2 saturated heterocycles. The minimum Gasteiger partial charge on any atom is -0.380 e. The number of hydrogen-bond donors (Lipinski definition) is 1. The topological polar surface area (TPSA) is 59.9 Å². The van der Waals surface area contributed by atoms with E-state index >= 15 is 0 Å². The van der Waals surface area contributed by atoms with Crippen molar-refractivity contribution in [2.75, 3.05) is 40.3 Å². The second-order valence-electron chi connectivity index (χ2n) is 11.3. The summed E-state index contributed by atoms with van der Waals surface area (Å²) in [5.74, 6) is 6.94. The van der Waals surface area contributed by atoms with Gasteiger partial charge in [-0.2, -0.15) is 0 Å². The van der Waals surface area contributed by atoms with Crippen LogP contribution in [0.3, 0.4) is 0 Å². The zero-order chi connectivity index (χ0) is 25.6. The van der Waals surface area contributed by atoms with Crippen molar-refractivity contribution in [2.45, 2.75) is 51.7 Å². The van der Waals surface area contributed by atoms with Gasteiger partial charge in [-0.1, -0.05) is 56.9 Å². The molecule has 3 heterocycles. The minimum atomic E-state index is -1.21. The molecule has 1 atom stereocenters. The third kappa shape index (κ3) is 4.44. The average Bonchev–Trinajstić information content (AvgIpc) is 3.15. The first-order chi connectivity index (χ1) is 16.4. The highest BCUT2D eigenvalue weighted by Gasteiger charge is 2.55. The Bertz CT molecular complexity index is 1160. The first-order valence-corrected chi connectivity index (χ1v) is 12.4. The zero-order valence-electron chi connectivity index (χ0n) is 22.1. The van der Waals surface area contributed by atoms with Gasteiger partial charge >= 0.3 is 6.03 Å². The molecule has 1 unspecified atom stereocenters. The van der Waals surface area contributed by atoms with Crippen LogP contribution in [-0.2, 0) is 5.60 Å². The maximum atomic E-state index is 12.5. The van der Waals surface area contributed by atoms with Crippen molar-refractivity contribution in [3.63, 3.8) is 0 Å². The number of carbonyl (C=O) groups is 1. The molecule has 2 aromatic rings. The monoisotopic (exact) mass is 474 g/mol. The number of carbonyl (C=O) groups excluding carboxylic acids is 1. The van der Waals surface area contributed by atoms with E-state index in [4.69, 9.17) is 0 Å². The van der Waals surface area contributed by atoms with Crippen molar-refractivity contribution in [3.8, 4) is 11.8 Å². The van der Waals surface area contributed by atoms with Crippen LogP contribution in [-0.4, -0.2) is 76.6 Å². The van der Waals surface area contributed by atoms with E-state index in [0.29, 0.717) is 19.0 Å². The summed E-state index contributed by atoms with van der Waals surface area (Å²) >= 11 is 0. The summed E-state index contributed by atoms with van der Waals surface area (Å²) in [7, 11) is 3.88. The number of pyridine rings is 1. The molecule has 0 spiro atoms. The number of benzene rings is 1. The third-order valence-corrected chi connectivity index (χ3v) is 7.67. The smallest absolute Gasteiger partial charge is 0.321 e. The predicted molar refractivity (Wildman–Crippen MR) is 139 cm³/mol. The molecule has 2 amide bonds.